The zero-order valence-electron chi connectivity index (χ0n) is 30.3. The summed E-state index contributed by atoms with van der Waals surface area (Å²) >= 11 is 0. The first-order valence-electron chi connectivity index (χ1n) is 18.9. The lowest BCUT2D eigenvalue weighted by molar-refractivity contribution is 1.16. The Bertz CT molecular complexity index is 3160. The minimum absolute atomic E-state index is 0.686. The molecule has 0 aliphatic heterocycles. The van der Waals surface area contributed by atoms with Gasteiger partial charge in [-0.05, 0) is 90.0 Å². The van der Waals surface area contributed by atoms with Crippen LogP contribution in [0.1, 0.15) is 0 Å². The van der Waals surface area contributed by atoms with Crippen molar-refractivity contribution in [2.45, 2.75) is 0 Å². The highest BCUT2D eigenvalue weighted by atomic mass is 15.0. The van der Waals surface area contributed by atoms with Crippen molar-refractivity contribution >= 4 is 43.7 Å². The molecule has 0 aliphatic carbocycles. The molecule has 0 radical (unpaired) electrons. The van der Waals surface area contributed by atoms with Gasteiger partial charge in [0.25, 0.3) is 0 Å². The molecule has 0 saturated carbocycles. The molecule has 4 heterocycles. The predicted octanol–water partition coefficient (Wildman–Crippen LogP) is 12.7. The first-order valence-corrected chi connectivity index (χ1v) is 18.9. The Morgan fingerprint density at radius 1 is 0.321 bits per heavy atom. The van der Waals surface area contributed by atoms with Gasteiger partial charge in [0.15, 0.2) is 5.82 Å². The highest BCUT2D eigenvalue weighted by Gasteiger charge is 2.17. The van der Waals surface area contributed by atoms with Gasteiger partial charge in [0.1, 0.15) is 0 Å². The maximum Gasteiger partial charge on any atom is 0.160 e. The maximum absolute atomic E-state index is 5.07. The van der Waals surface area contributed by atoms with E-state index < -0.39 is 0 Å². The van der Waals surface area contributed by atoms with Crippen molar-refractivity contribution < 1.29 is 0 Å². The second-order valence-electron chi connectivity index (χ2n) is 14.1. The summed E-state index contributed by atoms with van der Waals surface area (Å²) in [6.07, 6.45) is 1.88. The van der Waals surface area contributed by atoms with Gasteiger partial charge in [0.05, 0.1) is 39.0 Å². The molecule has 0 unspecified atom stereocenters. The fourth-order valence-electron chi connectivity index (χ4n) is 8.14. The van der Waals surface area contributed by atoms with Crippen LogP contribution >= 0.6 is 0 Å². The highest BCUT2D eigenvalue weighted by Crippen LogP contribution is 2.38. The molecule has 11 aromatic rings. The van der Waals surface area contributed by atoms with E-state index in [0.29, 0.717) is 5.82 Å². The van der Waals surface area contributed by atoms with Gasteiger partial charge in [-0.25, -0.2) is 9.97 Å². The molecule has 0 fully saturated rings. The van der Waals surface area contributed by atoms with Crippen LogP contribution in [0.5, 0.6) is 0 Å². The smallest absolute Gasteiger partial charge is 0.160 e. The van der Waals surface area contributed by atoms with Crippen molar-refractivity contribution in [3.05, 3.63) is 200 Å². The molecule has 0 spiro atoms. The average molecular weight is 716 g/mol. The van der Waals surface area contributed by atoms with E-state index in [9.17, 15) is 0 Å². The zero-order valence-corrected chi connectivity index (χ0v) is 30.3. The van der Waals surface area contributed by atoms with E-state index in [1.165, 1.54) is 21.8 Å². The number of pyridine rings is 1. The van der Waals surface area contributed by atoms with Gasteiger partial charge in [-0.3, -0.25) is 4.98 Å². The standard InChI is InChI=1S/C51H33N5/c1-4-13-34(14-5-1)44-33-45(35-15-6-2-7-16-35)54-51(53-44)36-22-26-40(27-23-36)56-47-21-12-30-52-50(47)43-29-25-38(32-49(43)56)37-24-28-42-41-19-10-11-20-46(41)55(48(42)31-37)39-17-8-3-9-18-39/h1-33H. The predicted molar refractivity (Wildman–Crippen MR) is 230 cm³/mol. The minimum Gasteiger partial charge on any atom is -0.309 e. The monoisotopic (exact) mass is 715 g/mol. The third kappa shape index (κ3) is 5.29. The lowest BCUT2D eigenvalue weighted by atomic mass is 10.0. The van der Waals surface area contributed by atoms with Gasteiger partial charge in [-0.1, -0.05) is 115 Å². The Kier molecular flexibility index (Phi) is 7.42. The van der Waals surface area contributed by atoms with Crippen LogP contribution in [0.15, 0.2) is 200 Å². The van der Waals surface area contributed by atoms with Crippen LogP contribution < -0.4 is 0 Å². The number of benzene rings is 7. The van der Waals surface area contributed by atoms with Crippen molar-refractivity contribution in [3.63, 3.8) is 0 Å². The summed E-state index contributed by atoms with van der Waals surface area (Å²) in [7, 11) is 0. The topological polar surface area (TPSA) is 48.5 Å². The molecule has 0 amide bonds. The molecule has 7 aromatic carbocycles. The molecule has 0 N–H and O–H groups in total. The van der Waals surface area contributed by atoms with Crippen molar-refractivity contribution in [3.8, 4) is 56.4 Å². The Hall–Kier alpha value is -7.63. The van der Waals surface area contributed by atoms with E-state index in [-0.39, 0.29) is 0 Å². The van der Waals surface area contributed by atoms with E-state index in [0.717, 1.165) is 72.5 Å². The molecule has 5 nitrogen and oxygen atoms in total. The highest BCUT2D eigenvalue weighted by molar-refractivity contribution is 6.11. The van der Waals surface area contributed by atoms with Gasteiger partial charge >= 0.3 is 0 Å². The summed E-state index contributed by atoms with van der Waals surface area (Å²) in [4.78, 5) is 15.0. The van der Waals surface area contributed by atoms with Crippen LogP contribution in [-0.2, 0) is 0 Å². The van der Waals surface area contributed by atoms with Gasteiger partial charge in [-0.15, -0.1) is 0 Å². The number of para-hydroxylation sites is 2. The average Bonchev–Trinajstić information content (AvgIpc) is 3.79. The number of fused-ring (bicyclic) bond motifs is 6. The quantitative estimate of drug-likeness (QED) is 0.172. The van der Waals surface area contributed by atoms with E-state index >= 15 is 0 Å². The van der Waals surface area contributed by atoms with Crippen LogP contribution in [0, 0.1) is 0 Å². The van der Waals surface area contributed by atoms with Crippen LogP contribution in [0.4, 0.5) is 0 Å². The molecule has 262 valence electrons. The third-order valence-corrected chi connectivity index (χ3v) is 10.8. The number of hydrogen-bond acceptors (Lipinski definition) is 3. The summed E-state index contributed by atoms with van der Waals surface area (Å²) in [5.74, 6) is 0.686. The number of aromatic nitrogens is 5. The van der Waals surface area contributed by atoms with E-state index in [2.05, 4.69) is 161 Å². The normalized spacial score (nSPS) is 11.6. The molecule has 4 aromatic heterocycles. The molecule has 0 atom stereocenters. The summed E-state index contributed by atoms with van der Waals surface area (Å²) in [6, 6.07) is 68.3. The fourth-order valence-corrected chi connectivity index (χ4v) is 8.14. The Morgan fingerprint density at radius 2 is 0.821 bits per heavy atom. The summed E-state index contributed by atoms with van der Waals surface area (Å²) < 4.78 is 4.69. The molecular weight excluding hydrogens is 683 g/mol. The van der Waals surface area contributed by atoms with E-state index in [1.54, 1.807) is 0 Å². The van der Waals surface area contributed by atoms with Crippen molar-refractivity contribution in [2.24, 2.45) is 0 Å². The summed E-state index contributed by atoms with van der Waals surface area (Å²) in [6.45, 7) is 0. The number of hydrogen-bond donors (Lipinski definition) is 0. The van der Waals surface area contributed by atoms with Gasteiger partial charge in [0, 0.05) is 50.4 Å². The lowest BCUT2D eigenvalue weighted by Gasteiger charge is -2.12. The number of nitrogens with zero attached hydrogens (tertiary/aromatic N) is 5. The van der Waals surface area contributed by atoms with Crippen molar-refractivity contribution in [1.82, 2.24) is 24.1 Å². The maximum atomic E-state index is 5.07. The zero-order chi connectivity index (χ0) is 37.0. The first-order chi connectivity index (χ1) is 27.8. The molecule has 56 heavy (non-hydrogen) atoms. The van der Waals surface area contributed by atoms with Gasteiger partial charge in [0.2, 0.25) is 0 Å². The second-order valence-corrected chi connectivity index (χ2v) is 14.1. The van der Waals surface area contributed by atoms with Gasteiger partial charge in [-0.2, -0.15) is 0 Å². The Balaban J connectivity index is 1.04. The van der Waals surface area contributed by atoms with Crippen LogP contribution in [0.25, 0.3) is 100 Å². The fraction of sp³-hybridized carbons (Fsp3) is 0. The Morgan fingerprint density at radius 3 is 1.50 bits per heavy atom. The molecule has 11 rings (SSSR count). The lowest BCUT2D eigenvalue weighted by Crippen LogP contribution is -1.97. The minimum atomic E-state index is 0.686. The van der Waals surface area contributed by atoms with E-state index in [4.69, 9.17) is 15.0 Å². The number of rotatable bonds is 6. The SMILES string of the molecule is c1ccc(-c2cc(-c3ccccc3)nc(-c3ccc(-n4c5cc(-c6ccc7c8ccccc8n(-c8ccccc8)c7c6)ccc5c5ncccc54)cc3)n2)cc1. The summed E-state index contributed by atoms with van der Waals surface area (Å²) in [5.41, 5.74) is 14.8. The first kappa shape index (κ1) is 31.9. The van der Waals surface area contributed by atoms with Crippen molar-refractivity contribution in [1.29, 1.82) is 0 Å². The molecule has 0 saturated heterocycles. The van der Waals surface area contributed by atoms with Crippen molar-refractivity contribution in [2.75, 3.05) is 0 Å². The Labute approximate surface area is 323 Å². The van der Waals surface area contributed by atoms with Crippen LogP contribution in [0.3, 0.4) is 0 Å². The molecule has 0 bridgehead atoms. The van der Waals surface area contributed by atoms with Crippen LogP contribution in [0.2, 0.25) is 0 Å². The van der Waals surface area contributed by atoms with Crippen LogP contribution in [-0.4, -0.2) is 24.1 Å². The second kappa shape index (κ2) is 13.0. The largest absolute Gasteiger partial charge is 0.309 e. The third-order valence-electron chi connectivity index (χ3n) is 10.8. The molecular formula is C51H33N5. The molecule has 0 aliphatic rings. The van der Waals surface area contributed by atoms with Gasteiger partial charge < -0.3 is 9.13 Å². The summed E-state index contributed by atoms with van der Waals surface area (Å²) in [5, 5.41) is 3.60. The molecule has 5 heteroatoms. The van der Waals surface area contributed by atoms with E-state index in [1.807, 2.05) is 48.7 Å².